The summed E-state index contributed by atoms with van der Waals surface area (Å²) >= 11 is 1.49. The fourth-order valence-corrected chi connectivity index (χ4v) is 2.56. The van der Waals surface area contributed by atoms with Gasteiger partial charge in [0.15, 0.2) is 5.82 Å². The van der Waals surface area contributed by atoms with Crippen molar-refractivity contribution in [2.45, 2.75) is 13.5 Å². The summed E-state index contributed by atoms with van der Waals surface area (Å²) in [6.07, 6.45) is 1.63. The Bertz CT molecular complexity index is 807. The van der Waals surface area contributed by atoms with Crippen molar-refractivity contribution in [1.82, 2.24) is 19.7 Å². The van der Waals surface area contributed by atoms with Crippen LogP contribution in [0, 0.1) is 6.92 Å². The minimum absolute atomic E-state index is 0.173. The lowest BCUT2D eigenvalue weighted by Crippen LogP contribution is -2.23. The molecule has 3 aromatic rings. The molecule has 0 aromatic carbocycles. The van der Waals surface area contributed by atoms with Crippen LogP contribution in [0.5, 0.6) is 0 Å². The summed E-state index contributed by atoms with van der Waals surface area (Å²) in [5.74, 6) is 0.923. The van der Waals surface area contributed by atoms with E-state index in [0.717, 1.165) is 15.8 Å². The van der Waals surface area contributed by atoms with Crippen molar-refractivity contribution in [3.8, 4) is 0 Å². The van der Waals surface area contributed by atoms with Crippen molar-refractivity contribution in [2.75, 3.05) is 5.73 Å². The average Bonchev–Trinajstić information content (AvgIpc) is 2.81. The minimum Gasteiger partial charge on any atom is -0.383 e. The van der Waals surface area contributed by atoms with E-state index in [1.165, 1.54) is 22.1 Å². The van der Waals surface area contributed by atoms with Crippen LogP contribution >= 0.6 is 11.3 Å². The Kier molecular flexibility index (Phi) is 2.75. The number of fused-ring (bicyclic) bond motifs is 1. The smallest absolute Gasteiger partial charge is 0.267 e. The zero-order valence-electron chi connectivity index (χ0n) is 10.2. The molecule has 3 aromatic heterocycles. The minimum atomic E-state index is -0.173. The summed E-state index contributed by atoms with van der Waals surface area (Å²) in [6, 6.07) is 3.41. The SMILES string of the molecule is Cc1cnn(Cc2nc(N)c3ccsc3n2)c(=O)c1. The normalized spacial score (nSPS) is 11.0. The largest absolute Gasteiger partial charge is 0.383 e. The molecule has 0 saturated heterocycles. The predicted molar refractivity (Wildman–Crippen MR) is 74.2 cm³/mol. The number of aryl methyl sites for hydroxylation is 1. The van der Waals surface area contributed by atoms with Crippen LogP contribution in [0.25, 0.3) is 10.2 Å². The van der Waals surface area contributed by atoms with E-state index < -0.39 is 0 Å². The third kappa shape index (κ3) is 2.19. The highest BCUT2D eigenvalue weighted by Gasteiger charge is 2.08. The molecule has 3 rings (SSSR count). The van der Waals surface area contributed by atoms with Gasteiger partial charge in [-0.2, -0.15) is 5.10 Å². The van der Waals surface area contributed by atoms with E-state index >= 15 is 0 Å². The molecule has 0 spiro atoms. The van der Waals surface area contributed by atoms with Crippen molar-refractivity contribution in [2.24, 2.45) is 0 Å². The number of hydrogen-bond donors (Lipinski definition) is 1. The van der Waals surface area contributed by atoms with Crippen LogP contribution < -0.4 is 11.3 Å². The Labute approximate surface area is 112 Å². The summed E-state index contributed by atoms with van der Waals surface area (Å²) in [7, 11) is 0. The average molecular weight is 273 g/mol. The van der Waals surface area contributed by atoms with Gasteiger partial charge in [0.05, 0.1) is 11.6 Å². The maximum atomic E-state index is 11.8. The van der Waals surface area contributed by atoms with Gasteiger partial charge in [-0.1, -0.05) is 0 Å². The summed E-state index contributed by atoms with van der Waals surface area (Å²) in [6.45, 7) is 2.04. The van der Waals surface area contributed by atoms with E-state index in [1.54, 1.807) is 6.20 Å². The van der Waals surface area contributed by atoms with Gasteiger partial charge in [0.1, 0.15) is 17.2 Å². The molecule has 0 amide bonds. The van der Waals surface area contributed by atoms with Gasteiger partial charge in [0.25, 0.3) is 5.56 Å². The molecule has 7 heteroatoms. The molecule has 0 bridgehead atoms. The molecule has 96 valence electrons. The molecule has 2 N–H and O–H groups in total. The number of anilines is 1. The molecule has 6 nitrogen and oxygen atoms in total. The van der Waals surface area contributed by atoms with Crippen molar-refractivity contribution in [3.05, 3.63) is 45.5 Å². The second-order valence-corrected chi connectivity index (χ2v) is 5.09. The maximum Gasteiger partial charge on any atom is 0.267 e. The van der Waals surface area contributed by atoms with Gasteiger partial charge in [0, 0.05) is 6.07 Å². The van der Waals surface area contributed by atoms with E-state index in [1.807, 2.05) is 18.4 Å². The third-order valence-electron chi connectivity index (χ3n) is 2.70. The second-order valence-electron chi connectivity index (χ2n) is 4.19. The Morgan fingerprint density at radius 2 is 2.26 bits per heavy atom. The Balaban J connectivity index is 2.03. The number of rotatable bonds is 2. The molecule has 0 saturated carbocycles. The van der Waals surface area contributed by atoms with Gasteiger partial charge in [-0.3, -0.25) is 4.79 Å². The fourth-order valence-electron chi connectivity index (χ4n) is 1.77. The van der Waals surface area contributed by atoms with E-state index in [9.17, 15) is 4.79 Å². The van der Waals surface area contributed by atoms with Gasteiger partial charge in [-0.15, -0.1) is 11.3 Å². The zero-order chi connectivity index (χ0) is 13.4. The highest BCUT2D eigenvalue weighted by molar-refractivity contribution is 7.16. The standard InChI is InChI=1S/C12H11N5OS/c1-7-4-10(18)17(14-5-7)6-9-15-11(13)8-2-3-19-12(8)16-9/h2-5H,6H2,1H3,(H2,13,15,16). The molecular formula is C12H11N5OS. The summed E-state index contributed by atoms with van der Waals surface area (Å²) in [5, 5.41) is 6.82. The Morgan fingerprint density at radius 1 is 1.42 bits per heavy atom. The van der Waals surface area contributed by atoms with Crippen molar-refractivity contribution in [1.29, 1.82) is 0 Å². The molecule has 0 aliphatic carbocycles. The summed E-state index contributed by atoms with van der Waals surface area (Å²) < 4.78 is 1.32. The second kappa shape index (κ2) is 4.43. The first-order valence-corrected chi connectivity index (χ1v) is 6.55. The van der Waals surface area contributed by atoms with E-state index in [4.69, 9.17) is 5.73 Å². The molecule has 19 heavy (non-hydrogen) atoms. The molecule has 0 aliphatic rings. The summed E-state index contributed by atoms with van der Waals surface area (Å²) in [4.78, 5) is 21.2. The molecule has 3 heterocycles. The molecule has 0 unspecified atom stereocenters. The maximum absolute atomic E-state index is 11.8. The number of aromatic nitrogens is 4. The van der Waals surface area contributed by atoms with Gasteiger partial charge in [-0.25, -0.2) is 14.6 Å². The van der Waals surface area contributed by atoms with Crippen LogP contribution in [-0.2, 0) is 6.54 Å². The summed E-state index contributed by atoms with van der Waals surface area (Å²) in [5.41, 5.74) is 6.52. The van der Waals surface area contributed by atoms with Gasteiger partial charge < -0.3 is 5.73 Å². The van der Waals surface area contributed by atoms with Crippen LogP contribution in [-0.4, -0.2) is 19.7 Å². The molecule has 0 fully saturated rings. The van der Waals surface area contributed by atoms with Crippen molar-refractivity contribution in [3.63, 3.8) is 0 Å². The first-order chi connectivity index (χ1) is 9.13. The highest BCUT2D eigenvalue weighted by atomic mass is 32.1. The van der Waals surface area contributed by atoms with E-state index in [2.05, 4.69) is 15.1 Å². The van der Waals surface area contributed by atoms with Crippen LogP contribution in [0.2, 0.25) is 0 Å². The molecule has 0 aliphatic heterocycles. The lowest BCUT2D eigenvalue weighted by atomic mass is 10.3. The van der Waals surface area contributed by atoms with Gasteiger partial charge in [-0.05, 0) is 23.9 Å². The number of nitrogen functional groups attached to an aromatic ring is 1. The highest BCUT2D eigenvalue weighted by Crippen LogP contribution is 2.22. The molecule has 0 atom stereocenters. The quantitative estimate of drug-likeness (QED) is 0.757. The number of nitrogens with two attached hydrogens (primary N) is 1. The lowest BCUT2D eigenvalue weighted by molar-refractivity contribution is 0.614. The molecular weight excluding hydrogens is 262 g/mol. The monoisotopic (exact) mass is 273 g/mol. The van der Waals surface area contributed by atoms with Crippen molar-refractivity contribution < 1.29 is 0 Å². The number of nitrogens with zero attached hydrogens (tertiary/aromatic N) is 4. The number of thiophene rings is 1. The Morgan fingerprint density at radius 3 is 3.05 bits per heavy atom. The van der Waals surface area contributed by atoms with Gasteiger partial charge in [0.2, 0.25) is 0 Å². The lowest BCUT2D eigenvalue weighted by Gasteiger charge is -2.04. The fraction of sp³-hybridized carbons (Fsp3) is 0.167. The van der Waals surface area contributed by atoms with Crippen LogP contribution in [0.3, 0.4) is 0 Å². The van der Waals surface area contributed by atoms with Crippen LogP contribution in [0.4, 0.5) is 5.82 Å². The topological polar surface area (TPSA) is 86.7 Å². The van der Waals surface area contributed by atoms with E-state index in [-0.39, 0.29) is 12.1 Å². The van der Waals surface area contributed by atoms with E-state index in [0.29, 0.717) is 11.6 Å². The predicted octanol–water partition coefficient (Wildman–Crippen LogP) is 1.19. The first kappa shape index (κ1) is 11.8. The van der Waals surface area contributed by atoms with Gasteiger partial charge >= 0.3 is 0 Å². The molecule has 0 radical (unpaired) electrons. The third-order valence-corrected chi connectivity index (χ3v) is 3.50. The number of hydrogen-bond acceptors (Lipinski definition) is 6. The Hall–Kier alpha value is -2.28. The zero-order valence-corrected chi connectivity index (χ0v) is 11.0. The first-order valence-electron chi connectivity index (χ1n) is 5.67. The van der Waals surface area contributed by atoms with Crippen LogP contribution in [0.1, 0.15) is 11.4 Å². The van der Waals surface area contributed by atoms with Crippen LogP contribution in [0.15, 0.2) is 28.5 Å². The van der Waals surface area contributed by atoms with Crippen molar-refractivity contribution >= 4 is 27.4 Å².